The number of hydrogen-bond acceptors (Lipinski definition) is 3. The third-order valence-corrected chi connectivity index (χ3v) is 4.78. The molecule has 4 rings (SSSR count). The molecule has 2 unspecified atom stereocenters. The second-order valence-corrected chi connectivity index (χ2v) is 6.23. The largest absolute Gasteiger partial charge is 0.339 e. The highest BCUT2D eigenvalue weighted by Gasteiger charge is 2.32. The Morgan fingerprint density at radius 2 is 1.43 bits per heavy atom. The molecule has 1 aliphatic carbocycles. The van der Waals surface area contributed by atoms with Gasteiger partial charge in [-0.2, -0.15) is 4.98 Å². The van der Waals surface area contributed by atoms with E-state index in [2.05, 4.69) is 35.5 Å². The van der Waals surface area contributed by atoms with Crippen molar-refractivity contribution in [1.29, 1.82) is 0 Å². The van der Waals surface area contributed by atoms with Crippen LogP contribution in [0.5, 0.6) is 0 Å². The highest BCUT2D eigenvalue weighted by molar-refractivity contribution is 5.53. The molecular formula is C20H20N2O. The number of aromatic nitrogens is 2. The minimum absolute atomic E-state index is 0.330. The second kappa shape index (κ2) is 6.37. The van der Waals surface area contributed by atoms with Crippen LogP contribution in [0.4, 0.5) is 0 Å². The van der Waals surface area contributed by atoms with Crippen molar-refractivity contribution >= 4 is 0 Å². The standard InChI is InChI=1S/C20H20N2O/c1-3-9-15(10-4-1)17-13-7-8-14-18(17)20-21-19(22-23-20)16-11-5-2-6-12-16/h1-6,9-12,17-18H,7-8,13-14H2. The van der Waals surface area contributed by atoms with Crippen LogP contribution in [-0.2, 0) is 0 Å². The van der Waals surface area contributed by atoms with Crippen molar-refractivity contribution in [3.05, 3.63) is 72.1 Å². The van der Waals surface area contributed by atoms with Crippen LogP contribution in [0.15, 0.2) is 65.2 Å². The molecule has 1 fully saturated rings. The number of benzene rings is 2. The molecule has 0 N–H and O–H groups in total. The zero-order chi connectivity index (χ0) is 15.5. The highest BCUT2D eigenvalue weighted by Crippen LogP contribution is 2.43. The summed E-state index contributed by atoms with van der Waals surface area (Å²) in [4.78, 5) is 4.70. The van der Waals surface area contributed by atoms with Gasteiger partial charge in [0.1, 0.15) is 0 Å². The van der Waals surface area contributed by atoms with E-state index in [1.165, 1.54) is 24.8 Å². The molecule has 1 aromatic heterocycles. The molecule has 3 aromatic rings. The first-order chi connectivity index (χ1) is 11.4. The lowest BCUT2D eigenvalue weighted by Gasteiger charge is -2.29. The molecule has 2 aromatic carbocycles. The van der Waals surface area contributed by atoms with Gasteiger partial charge in [0, 0.05) is 11.5 Å². The van der Waals surface area contributed by atoms with Crippen LogP contribution in [0.25, 0.3) is 11.4 Å². The van der Waals surface area contributed by atoms with E-state index in [1.807, 2.05) is 30.3 Å². The second-order valence-electron chi connectivity index (χ2n) is 6.23. The quantitative estimate of drug-likeness (QED) is 0.669. The van der Waals surface area contributed by atoms with Gasteiger partial charge in [-0.1, -0.05) is 78.7 Å². The molecule has 1 aliphatic rings. The van der Waals surface area contributed by atoms with E-state index in [4.69, 9.17) is 9.51 Å². The summed E-state index contributed by atoms with van der Waals surface area (Å²) in [6.45, 7) is 0. The predicted octanol–water partition coefficient (Wildman–Crippen LogP) is 5.18. The molecule has 0 bridgehead atoms. The minimum Gasteiger partial charge on any atom is -0.339 e. The average Bonchev–Trinajstić information content (AvgIpc) is 3.13. The van der Waals surface area contributed by atoms with Gasteiger partial charge in [-0.25, -0.2) is 0 Å². The Bertz CT molecular complexity index is 752. The molecule has 2 atom stereocenters. The van der Waals surface area contributed by atoms with Gasteiger partial charge in [-0.3, -0.25) is 0 Å². The lowest BCUT2D eigenvalue weighted by Crippen LogP contribution is -2.16. The smallest absolute Gasteiger partial charge is 0.230 e. The van der Waals surface area contributed by atoms with Gasteiger partial charge in [0.15, 0.2) is 0 Å². The minimum atomic E-state index is 0.330. The highest BCUT2D eigenvalue weighted by atomic mass is 16.5. The van der Waals surface area contributed by atoms with Crippen molar-refractivity contribution < 1.29 is 4.52 Å². The summed E-state index contributed by atoms with van der Waals surface area (Å²) in [7, 11) is 0. The Morgan fingerprint density at radius 3 is 2.17 bits per heavy atom. The van der Waals surface area contributed by atoms with E-state index in [9.17, 15) is 0 Å². The molecule has 1 heterocycles. The van der Waals surface area contributed by atoms with Gasteiger partial charge >= 0.3 is 0 Å². The summed E-state index contributed by atoms with van der Waals surface area (Å²) in [6, 6.07) is 20.8. The van der Waals surface area contributed by atoms with Crippen molar-refractivity contribution in [3.63, 3.8) is 0 Å². The van der Waals surface area contributed by atoms with Crippen LogP contribution in [0.3, 0.4) is 0 Å². The van der Waals surface area contributed by atoms with Crippen molar-refractivity contribution in [2.45, 2.75) is 37.5 Å². The molecule has 0 spiro atoms. The number of nitrogens with zero attached hydrogens (tertiary/aromatic N) is 2. The molecule has 0 radical (unpaired) electrons. The summed E-state index contributed by atoms with van der Waals surface area (Å²) >= 11 is 0. The summed E-state index contributed by atoms with van der Waals surface area (Å²) in [5.41, 5.74) is 2.39. The maximum absolute atomic E-state index is 5.65. The van der Waals surface area contributed by atoms with Crippen molar-refractivity contribution in [3.8, 4) is 11.4 Å². The van der Waals surface area contributed by atoms with Crippen LogP contribution in [0, 0.1) is 0 Å². The van der Waals surface area contributed by atoms with E-state index in [0.29, 0.717) is 17.7 Å². The van der Waals surface area contributed by atoms with Gasteiger partial charge < -0.3 is 4.52 Å². The zero-order valence-electron chi connectivity index (χ0n) is 13.1. The van der Waals surface area contributed by atoms with E-state index in [-0.39, 0.29) is 0 Å². The Hall–Kier alpha value is -2.42. The predicted molar refractivity (Wildman–Crippen MR) is 90.1 cm³/mol. The topological polar surface area (TPSA) is 38.9 Å². The molecule has 1 saturated carbocycles. The Morgan fingerprint density at radius 1 is 0.783 bits per heavy atom. The van der Waals surface area contributed by atoms with Gasteiger partial charge in [0.2, 0.25) is 11.7 Å². The van der Waals surface area contributed by atoms with Crippen molar-refractivity contribution in [1.82, 2.24) is 10.1 Å². The molecule has 3 heteroatoms. The fourth-order valence-electron chi connectivity index (χ4n) is 3.62. The average molecular weight is 304 g/mol. The van der Waals surface area contributed by atoms with Gasteiger partial charge in [-0.05, 0) is 24.3 Å². The van der Waals surface area contributed by atoms with Crippen molar-refractivity contribution in [2.75, 3.05) is 0 Å². The SMILES string of the molecule is c1ccc(-c2noc(C3CCCCC3c3ccccc3)n2)cc1. The summed E-state index contributed by atoms with van der Waals surface area (Å²) < 4.78 is 5.65. The Labute approximate surface area is 136 Å². The first-order valence-corrected chi connectivity index (χ1v) is 8.36. The van der Waals surface area contributed by atoms with Crippen LogP contribution < -0.4 is 0 Å². The summed E-state index contributed by atoms with van der Waals surface area (Å²) in [6.07, 6.45) is 4.82. The maximum Gasteiger partial charge on any atom is 0.230 e. The fourth-order valence-corrected chi connectivity index (χ4v) is 3.62. The Balaban J connectivity index is 1.64. The third-order valence-electron chi connectivity index (χ3n) is 4.78. The molecule has 0 saturated heterocycles. The van der Waals surface area contributed by atoms with Crippen LogP contribution >= 0.6 is 0 Å². The van der Waals surface area contributed by atoms with Gasteiger partial charge in [-0.15, -0.1) is 0 Å². The molecule has 116 valence electrons. The van der Waals surface area contributed by atoms with Crippen molar-refractivity contribution in [2.24, 2.45) is 0 Å². The lowest BCUT2D eigenvalue weighted by atomic mass is 9.75. The zero-order valence-corrected chi connectivity index (χ0v) is 13.1. The van der Waals surface area contributed by atoms with Crippen LogP contribution in [0.2, 0.25) is 0 Å². The van der Waals surface area contributed by atoms with Crippen LogP contribution in [0.1, 0.15) is 49.0 Å². The van der Waals surface area contributed by atoms with Crippen LogP contribution in [-0.4, -0.2) is 10.1 Å². The normalized spacial score (nSPS) is 21.2. The molecule has 0 amide bonds. The summed E-state index contributed by atoms with van der Waals surface area (Å²) in [5.74, 6) is 2.29. The molecule has 3 nitrogen and oxygen atoms in total. The van der Waals surface area contributed by atoms with E-state index in [0.717, 1.165) is 17.9 Å². The van der Waals surface area contributed by atoms with E-state index < -0.39 is 0 Å². The van der Waals surface area contributed by atoms with Gasteiger partial charge in [0.25, 0.3) is 0 Å². The summed E-state index contributed by atoms with van der Waals surface area (Å²) in [5, 5.41) is 4.20. The van der Waals surface area contributed by atoms with Gasteiger partial charge in [0.05, 0.1) is 0 Å². The molecule has 23 heavy (non-hydrogen) atoms. The first-order valence-electron chi connectivity index (χ1n) is 8.36. The number of hydrogen-bond donors (Lipinski definition) is 0. The first kappa shape index (κ1) is 14.2. The monoisotopic (exact) mass is 304 g/mol. The van der Waals surface area contributed by atoms with E-state index >= 15 is 0 Å². The Kier molecular flexibility index (Phi) is 3.93. The van der Waals surface area contributed by atoms with E-state index in [1.54, 1.807) is 0 Å². The third kappa shape index (κ3) is 2.91. The number of rotatable bonds is 3. The molecular weight excluding hydrogens is 284 g/mol. The lowest BCUT2D eigenvalue weighted by molar-refractivity contribution is 0.289. The maximum atomic E-state index is 5.65. The molecule has 0 aliphatic heterocycles. The fraction of sp³-hybridized carbons (Fsp3) is 0.300.